The molecule has 8 nitrogen and oxygen atoms in total. The van der Waals surface area contributed by atoms with E-state index in [0.717, 1.165) is 17.8 Å². The number of hydrogen-bond donors (Lipinski definition) is 2. The summed E-state index contributed by atoms with van der Waals surface area (Å²) in [5, 5.41) is 20.0. The molecular formula is C12H9N3O5S. The van der Waals surface area contributed by atoms with Crippen molar-refractivity contribution in [3.8, 4) is 0 Å². The molecule has 9 heteroatoms. The van der Waals surface area contributed by atoms with Gasteiger partial charge in [0.1, 0.15) is 5.56 Å². The van der Waals surface area contributed by atoms with Gasteiger partial charge in [-0.15, -0.1) is 0 Å². The lowest BCUT2D eigenvalue weighted by atomic mass is 10.2. The molecule has 0 unspecified atom stereocenters. The van der Waals surface area contributed by atoms with Crippen LogP contribution in [0.4, 0.5) is 5.69 Å². The second kappa shape index (κ2) is 5.75. The van der Waals surface area contributed by atoms with E-state index in [1.54, 1.807) is 6.92 Å². The van der Waals surface area contributed by atoms with Crippen LogP contribution in [0.1, 0.15) is 16.1 Å². The Morgan fingerprint density at radius 2 is 2.14 bits per heavy atom. The van der Waals surface area contributed by atoms with Crippen molar-refractivity contribution in [3.63, 3.8) is 0 Å². The summed E-state index contributed by atoms with van der Waals surface area (Å²) in [5.74, 6) is -1.39. The van der Waals surface area contributed by atoms with E-state index >= 15 is 0 Å². The Hall–Kier alpha value is -2.68. The second-order valence-electron chi connectivity index (χ2n) is 4.04. The number of aromatic nitrogens is 2. The minimum Gasteiger partial charge on any atom is -0.477 e. The number of aromatic amines is 1. The van der Waals surface area contributed by atoms with Crippen LogP contribution in [0.5, 0.6) is 0 Å². The number of nitro benzene ring substituents is 1. The number of carboxylic acid groups (broad SMARTS) is 1. The molecule has 0 aliphatic rings. The molecule has 0 saturated carbocycles. The number of rotatable bonds is 4. The minimum absolute atomic E-state index is 0.283. The number of H-pyrrole nitrogens is 1. The lowest BCUT2D eigenvalue weighted by Gasteiger charge is -2.03. The Balaban J connectivity index is 2.41. The Bertz CT molecular complexity index is 787. The molecule has 0 aliphatic carbocycles. The van der Waals surface area contributed by atoms with Crippen LogP contribution in [0.25, 0.3) is 0 Å². The zero-order valence-corrected chi connectivity index (χ0v) is 11.5. The molecule has 0 saturated heterocycles. The van der Waals surface area contributed by atoms with Gasteiger partial charge >= 0.3 is 5.97 Å². The number of aromatic carboxylic acids is 1. The van der Waals surface area contributed by atoms with Gasteiger partial charge in [-0.3, -0.25) is 14.9 Å². The highest BCUT2D eigenvalue weighted by Gasteiger charge is 2.20. The molecule has 2 rings (SSSR count). The number of aryl methyl sites for hydroxylation is 1. The fourth-order valence-corrected chi connectivity index (χ4v) is 2.50. The van der Waals surface area contributed by atoms with E-state index in [4.69, 9.17) is 5.11 Å². The Labute approximate surface area is 122 Å². The van der Waals surface area contributed by atoms with Crippen LogP contribution in [0.3, 0.4) is 0 Å². The van der Waals surface area contributed by atoms with Gasteiger partial charge in [0, 0.05) is 22.7 Å². The van der Waals surface area contributed by atoms with Gasteiger partial charge in [-0.05, 0) is 19.1 Å². The first-order chi connectivity index (χ1) is 9.86. The monoisotopic (exact) mass is 307 g/mol. The van der Waals surface area contributed by atoms with E-state index in [2.05, 4.69) is 9.97 Å². The van der Waals surface area contributed by atoms with Crippen LogP contribution in [-0.2, 0) is 0 Å². The molecule has 0 spiro atoms. The van der Waals surface area contributed by atoms with Crippen LogP contribution in [-0.4, -0.2) is 26.0 Å². The zero-order valence-electron chi connectivity index (χ0n) is 10.7. The first kappa shape index (κ1) is 14.7. The second-order valence-corrected chi connectivity index (χ2v) is 5.10. The van der Waals surface area contributed by atoms with Gasteiger partial charge in [0.15, 0.2) is 5.16 Å². The van der Waals surface area contributed by atoms with Crippen LogP contribution in [0, 0.1) is 17.0 Å². The van der Waals surface area contributed by atoms with Crippen molar-refractivity contribution in [2.75, 3.05) is 0 Å². The highest BCUT2D eigenvalue weighted by Crippen LogP contribution is 2.29. The summed E-state index contributed by atoms with van der Waals surface area (Å²) in [6.07, 6.45) is 0. The SMILES string of the molecule is Cc1cc(=O)[nH]c(Sc2ccc([N+](=O)[O-])c(C(=O)O)c2)n1. The van der Waals surface area contributed by atoms with E-state index in [1.165, 1.54) is 18.2 Å². The van der Waals surface area contributed by atoms with E-state index in [0.29, 0.717) is 10.6 Å². The molecule has 1 aromatic heterocycles. The highest BCUT2D eigenvalue weighted by molar-refractivity contribution is 7.99. The summed E-state index contributed by atoms with van der Waals surface area (Å²) in [4.78, 5) is 39.4. The molecular weight excluding hydrogens is 298 g/mol. The van der Waals surface area contributed by atoms with E-state index in [9.17, 15) is 19.7 Å². The molecule has 0 bridgehead atoms. The average molecular weight is 307 g/mol. The van der Waals surface area contributed by atoms with E-state index < -0.39 is 22.1 Å². The fraction of sp³-hybridized carbons (Fsp3) is 0.0833. The number of hydrogen-bond acceptors (Lipinski definition) is 6. The van der Waals surface area contributed by atoms with Crippen LogP contribution in [0.15, 0.2) is 39.1 Å². The summed E-state index contributed by atoms with van der Waals surface area (Å²) < 4.78 is 0. The molecule has 2 N–H and O–H groups in total. The number of nitro groups is 1. The predicted octanol–water partition coefficient (Wildman–Crippen LogP) is 1.84. The molecule has 0 aliphatic heterocycles. The first-order valence-electron chi connectivity index (χ1n) is 5.64. The van der Waals surface area contributed by atoms with Crippen molar-refractivity contribution in [3.05, 3.63) is 56.0 Å². The molecule has 108 valence electrons. The Morgan fingerprint density at radius 1 is 1.43 bits per heavy atom. The molecule has 0 radical (unpaired) electrons. The molecule has 0 fully saturated rings. The third-order valence-corrected chi connectivity index (χ3v) is 3.33. The third kappa shape index (κ3) is 3.45. The van der Waals surface area contributed by atoms with Gasteiger partial charge in [-0.2, -0.15) is 0 Å². The van der Waals surface area contributed by atoms with Gasteiger partial charge in [0.25, 0.3) is 11.2 Å². The highest BCUT2D eigenvalue weighted by atomic mass is 32.2. The van der Waals surface area contributed by atoms with Crippen LogP contribution < -0.4 is 5.56 Å². The number of benzene rings is 1. The summed E-state index contributed by atoms with van der Waals surface area (Å²) in [6.45, 7) is 1.65. The van der Waals surface area contributed by atoms with Gasteiger partial charge in [0.05, 0.1) is 4.92 Å². The van der Waals surface area contributed by atoms with Crippen molar-refractivity contribution in [2.45, 2.75) is 17.0 Å². The molecule has 1 heterocycles. The van der Waals surface area contributed by atoms with Crippen LogP contribution in [0.2, 0.25) is 0 Å². The van der Waals surface area contributed by atoms with Crippen molar-refractivity contribution >= 4 is 23.4 Å². The summed E-state index contributed by atoms with van der Waals surface area (Å²) in [6, 6.07) is 5.01. The smallest absolute Gasteiger partial charge is 0.342 e. The first-order valence-corrected chi connectivity index (χ1v) is 6.46. The largest absolute Gasteiger partial charge is 0.477 e. The molecule has 1 aromatic carbocycles. The quantitative estimate of drug-likeness (QED) is 0.501. The summed E-state index contributed by atoms with van der Waals surface area (Å²) in [7, 11) is 0. The number of carboxylic acids is 1. The molecule has 0 amide bonds. The minimum atomic E-state index is -1.39. The van der Waals surface area contributed by atoms with Gasteiger partial charge in [-0.25, -0.2) is 9.78 Å². The number of nitrogens with zero attached hydrogens (tertiary/aromatic N) is 2. The standard InChI is InChI=1S/C12H9N3O5S/c1-6-4-10(16)14-12(13-6)21-7-2-3-9(15(19)20)8(5-7)11(17)18/h2-5H,1H3,(H,17,18)(H,13,14,16). The van der Waals surface area contributed by atoms with Crippen molar-refractivity contribution < 1.29 is 14.8 Å². The third-order valence-electron chi connectivity index (χ3n) is 2.46. The average Bonchev–Trinajstić information content (AvgIpc) is 2.36. The maximum atomic E-state index is 11.3. The summed E-state index contributed by atoms with van der Waals surface area (Å²) in [5.41, 5.74) is -0.718. The number of nitrogens with one attached hydrogen (secondary N) is 1. The van der Waals surface area contributed by atoms with Gasteiger partial charge < -0.3 is 10.1 Å². The van der Waals surface area contributed by atoms with Crippen molar-refractivity contribution in [1.82, 2.24) is 9.97 Å². The normalized spacial score (nSPS) is 10.3. The fourth-order valence-electron chi connectivity index (χ4n) is 1.62. The van der Waals surface area contributed by atoms with E-state index in [-0.39, 0.29) is 10.7 Å². The van der Waals surface area contributed by atoms with Crippen molar-refractivity contribution in [2.24, 2.45) is 0 Å². The Morgan fingerprint density at radius 3 is 2.71 bits per heavy atom. The lowest BCUT2D eigenvalue weighted by Crippen LogP contribution is -2.08. The van der Waals surface area contributed by atoms with Gasteiger partial charge in [0.2, 0.25) is 0 Å². The van der Waals surface area contributed by atoms with Gasteiger partial charge in [-0.1, -0.05) is 11.8 Å². The molecule has 0 atom stereocenters. The topological polar surface area (TPSA) is 126 Å². The molecule has 2 aromatic rings. The lowest BCUT2D eigenvalue weighted by molar-refractivity contribution is -0.385. The van der Waals surface area contributed by atoms with Crippen LogP contribution >= 0.6 is 11.8 Å². The zero-order chi connectivity index (χ0) is 15.6. The van der Waals surface area contributed by atoms with Crippen molar-refractivity contribution in [1.29, 1.82) is 0 Å². The van der Waals surface area contributed by atoms with E-state index in [1.807, 2.05) is 0 Å². The summed E-state index contributed by atoms with van der Waals surface area (Å²) >= 11 is 1.02. The number of carbonyl (C=O) groups is 1. The molecule has 21 heavy (non-hydrogen) atoms. The maximum Gasteiger partial charge on any atom is 0.342 e. The predicted molar refractivity (Wildman–Crippen MR) is 73.8 cm³/mol. The maximum absolute atomic E-state index is 11.3. The Kier molecular flexibility index (Phi) is 4.03.